The minimum absolute atomic E-state index is 0.402. The third kappa shape index (κ3) is 5.50. The van der Waals surface area contributed by atoms with Crippen molar-refractivity contribution in [1.82, 2.24) is 20.3 Å². The van der Waals surface area contributed by atoms with E-state index in [-0.39, 0.29) is 0 Å². The highest BCUT2D eigenvalue weighted by Gasteiger charge is 2.20. The molecule has 9 nitrogen and oxygen atoms in total. The van der Waals surface area contributed by atoms with Crippen molar-refractivity contribution < 1.29 is 18.8 Å². The molecule has 1 fully saturated rings. The first kappa shape index (κ1) is 21.6. The predicted molar refractivity (Wildman–Crippen MR) is 113 cm³/mol. The van der Waals surface area contributed by atoms with Crippen molar-refractivity contribution in [1.29, 1.82) is 0 Å². The third-order valence-electron chi connectivity index (χ3n) is 4.96. The number of aromatic nitrogens is 1. The van der Waals surface area contributed by atoms with Crippen molar-refractivity contribution in [3.8, 4) is 5.75 Å². The Morgan fingerprint density at radius 2 is 2.03 bits per heavy atom. The van der Waals surface area contributed by atoms with Crippen LogP contribution in [-0.4, -0.2) is 73.8 Å². The number of rotatable bonds is 7. The van der Waals surface area contributed by atoms with E-state index in [0.717, 1.165) is 56.5 Å². The second-order valence-electron chi connectivity index (χ2n) is 6.95. The van der Waals surface area contributed by atoms with E-state index in [1.54, 1.807) is 18.4 Å². The second kappa shape index (κ2) is 10.6. The van der Waals surface area contributed by atoms with E-state index in [4.69, 9.17) is 19.0 Å². The SMILES string of the molecule is CCNC(=NCc1ccc(OC)c(C(=O)OC)c1)N1CCN(Cc2ccon2)CC1. The Hall–Kier alpha value is -3.07. The zero-order valence-corrected chi connectivity index (χ0v) is 17.8. The van der Waals surface area contributed by atoms with Gasteiger partial charge in [-0.1, -0.05) is 11.2 Å². The Morgan fingerprint density at radius 1 is 1.23 bits per heavy atom. The lowest BCUT2D eigenvalue weighted by molar-refractivity contribution is 0.0597. The molecule has 9 heteroatoms. The standard InChI is InChI=1S/C21H29N5O4/c1-4-22-21(26-10-8-25(9-11-26)15-17-7-12-30-24-17)23-14-16-5-6-19(28-2)18(13-16)20(27)29-3/h5-7,12-13H,4,8-11,14-15H2,1-3H3,(H,22,23). The van der Waals surface area contributed by atoms with Gasteiger partial charge in [-0.25, -0.2) is 9.79 Å². The highest BCUT2D eigenvalue weighted by atomic mass is 16.5. The van der Waals surface area contributed by atoms with E-state index in [9.17, 15) is 4.79 Å². The predicted octanol–water partition coefficient (Wildman–Crippen LogP) is 1.75. The van der Waals surface area contributed by atoms with Gasteiger partial charge >= 0.3 is 5.97 Å². The Morgan fingerprint density at radius 3 is 2.67 bits per heavy atom. The van der Waals surface area contributed by atoms with Crippen LogP contribution >= 0.6 is 0 Å². The maximum atomic E-state index is 12.0. The molecule has 2 heterocycles. The number of nitrogens with zero attached hydrogens (tertiary/aromatic N) is 4. The molecule has 1 aromatic heterocycles. The lowest BCUT2D eigenvalue weighted by Crippen LogP contribution is -2.52. The van der Waals surface area contributed by atoms with E-state index in [1.165, 1.54) is 14.2 Å². The number of aliphatic imine (C=N–C) groups is 1. The molecule has 0 aliphatic carbocycles. The van der Waals surface area contributed by atoms with Gasteiger partial charge in [0, 0.05) is 45.3 Å². The van der Waals surface area contributed by atoms with Gasteiger partial charge < -0.3 is 24.2 Å². The van der Waals surface area contributed by atoms with Crippen LogP contribution in [0.25, 0.3) is 0 Å². The second-order valence-corrected chi connectivity index (χ2v) is 6.95. The van der Waals surface area contributed by atoms with Crippen LogP contribution in [0, 0.1) is 0 Å². The lowest BCUT2D eigenvalue weighted by Gasteiger charge is -2.36. The van der Waals surface area contributed by atoms with Crippen LogP contribution in [-0.2, 0) is 17.8 Å². The van der Waals surface area contributed by atoms with E-state index < -0.39 is 5.97 Å². The summed E-state index contributed by atoms with van der Waals surface area (Å²) in [7, 11) is 2.89. The molecule has 0 unspecified atom stereocenters. The maximum absolute atomic E-state index is 12.0. The number of esters is 1. The van der Waals surface area contributed by atoms with Gasteiger partial charge in [-0.2, -0.15) is 0 Å². The summed E-state index contributed by atoms with van der Waals surface area (Å²) in [6.45, 7) is 7.68. The van der Waals surface area contributed by atoms with E-state index in [0.29, 0.717) is 17.9 Å². The Kier molecular flexibility index (Phi) is 7.67. The van der Waals surface area contributed by atoms with Crippen molar-refractivity contribution in [2.24, 2.45) is 4.99 Å². The van der Waals surface area contributed by atoms with Crippen LogP contribution < -0.4 is 10.1 Å². The number of nitrogens with one attached hydrogen (secondary N) is 1. The monoisotopic (exact) mass is 415 g/mol. The third-order valence-corrected chi connectivity index (χ3v) is 4.96. The number of carbonyl (C=O) groups is 1. The summed E-state index contributed by atoms with van der Waals surface area (Å²) in [6.07, 6.45) is 1.60. The van der Waals surface area contributed by atoms with Crippen LogP contribution in [0.5, 0.6) is 5.75 Å². The summed E-state index contributed by atoms with van der Waals surface area (Å²) in [6, 6.07) is 7.35. The van der Waals surface area contributed by atoms with Gasteiger partial charge in [0.25, 0.3) is 0 Å². The Bertz CT molecular complexity index is 845. The highest BCUT2D eigenvalue weighted by molar-refractivity contribution is 5.92. The van der Waals surface area contributed by atoms with E-state index >= 15 is 0 Å². The number of benzene rings is 1. The molecule has 30 heavy (non-hydrogen) atoms. The molecule has 0 atom stereocenters. The molecule has 2 aromatic rings. The first-order chi connectivity index (χ1) is 14.6. The molecule has 0 spiro atoms. The Labute approximate surface area is 176 Å². The molecular weight excluding hydrogens is 386 g/mol. The molecule has 1 aliphatic rings. The fourth-order valence-corrected chi connectivity index (χ4v) is 3.38. The van der Waals surface area contributed by atoms with Crippen LogP contribution in [0.3, 0.4) is 0 Å². The number of carbonyl (C=O) groups excluding carboxylic acids is 1. The normalized spacial score (nSPS) is 15.2. The average molecular weight is 415 g/mol. The van der Waals surface area contributed by atoms with Gasteiger partial charge in [-0.3, -0.25) is 4.90 Å². The lowest BCUT2D eigenvalue weighted by atomic mass is 10.1. The number of hydrogen-bond donors (Lipinski definition) is 1. The fraction of sp³-hybridized carbons (Fsp3) is 0.476. The minimum atomic E-state index is -0.423. The summed E-state index contributed by atoms with van der Waals surface area (Å²) in [5.74, 6) is 0.937. The van der Waals surface area contributed by atoms with E-state index in [1.807, 2.05) is 12.1 Å². The summed E-state index contributed by atoms with van der Waals surface area (Å²) in [4.78, 5) is 21.4. The van der Waals surface area contributed by atoms with Crippen molar-refractivity contribution in [2.75, 3.05) is 46.9 Å². The minimum Gasteiger partial charge on any atom is -0.496 e. The Balaban J connectivity index is 1.64. The quantitative estimate of drug-likeness (QED) is 0.415. The van der Waals surface area contributed by atoms with Crippen LogP contribution in [0.15, 0.2) is 40.0 Å². The number of methoxy groups -OCH3 is 2. The van der Waals surface area contributed by atoms with Gasteiger partial charge in [0.2, 0.25) is 0 Å². The summed E-state index contributed by atoms with van der Waals surface area (Å²) in [5, 5.41) is 7.35. The molecule has 162 valence electrons. The molecule has 0 bridgehead atoms. The van der Waals surface area contributed by atoms with Gasteiger partial charge in [0.15, 0.2) is 5.96 Å². The smallest absolute Gasteiger partial charge is 0.341 e. The zero-order chi connectivity index (χ0) is 21.3. The topological polar surface area (TPSA) is 92.4 Å². The molecule has 1 aromatic carbocycles. The van der Waals surface area contributed by atoms with E-state index in [2.05, 4.69) is 27.2 Å². The molecule has 1 N–H and O–H groups in total. The largest absolute Gasteiger partial charge is 0.496 e. The van der Waals surface area contributed by atoms with Crippen LogP contribution in [0.2, 0.25) is 0 Å². The highest BCUT2D eigenvalue weighted by Crippen LogP contribution is 2.21. The number of piperazine rings is 1. The number of ether oxygens (including phenoxy) is 2. The maximum Gasteiger partial charge on any atom is 0.341 e. The van der Waals surface area contributed by atoms with Crippen molar-refractivity contribution >= 4 is 11.9 Å². The van der Waals surface area contributed by atoms with Gasteiger partial charge in [0.05, 0.1) is 26.5 Å². The van der Waals surface area contributed by atoms with Crippen molar-refractivity contribution in [3.63, 3.8) is 0 Å². The van der Waals surface area contributed by atoms with Gasteiger partial charge in [0.1, 0.15) is 17.6 Å². The van der Waals surface area contributed by atoms with Crippen LogP contribution in [0.1, 0.15) is 28.5 Å². The molecule has 1 saturated heterocycles. The van der Waals surface area contributed by atoms with Crippen molar-refractivity contribution in [3.05, 3.63) is 47.3 Å². The van der Waals surface area contributed by atoms with Gasteiger partial charge in [-0.15, -0.1) is 0 Å². The van der Waals surface area contributed by atoms with Crippen molar-refractivity contribution in [2.45, 2.75) is 20.0 Å². The summed E-state index contributed by atoms with van der Waals surface area (Å²) < 4.78 is 15.0. The fourth-order valence-electron chi connectivity index (χ4n) is 3.38. The molecule has 1 aliphatic heterocycles. The van der Waals surface area contributed by atoms with Gasteiger partial charge in [-0.05, 0) is 24.6 Å². The van der Waals surface area contributed by atoms with Crippen LogP contribution in [0.4, 0.5) is 0 Å². The molecule has 0 radical (unpaired) electrons. The first-order valence-corrected chi connectivity index (χ1v) is 10.0. The molecular formula is C21H29N5O4. The summed E-state index contributed by atoms with van der Waals surface area (Å²) >= 11 is 0. The molecule has 0 amide bonds. The average Bonchev–Trinajstić information content (AvgIpc) is 3.29. The molecule has 0 saturated carbocycles. The number of guanidine groups is 1. The summed E-state index contributed by atoms with van der Waals surface area (Å²) in [5.41, 5.74) is 2.26. The zero-order valence-electron chi connectivity index (χ0n) is 17.8. The number of hydrogen-bond acceptors (Lipinski definition) is 7. The first-order valence-electron chi connectivity index (χ1n) is 10.0. The molecule has 3 rings (SSSR count).